The van der Waals surface area contributed by atoms with E-state index in [9.17, 15) is 14.4 Å². The van der Waals surface area contributed by atoms with E-state index in [1.54, 1.807) is 0 Å². The summed E-state index contributed by atoms with van der Waals surface area (Å²) in [5.41, 5.74) is 0. The van der Waals surface area contributed by atoms with Crippen LogP contribution in [0.4, 0.5) is 0 Å². The lowest BCUT2D eigenvalue weighted by Crippen LogP contribution is -2.30. The van der Waals surface area contributed by atoms with Crippen molar-refractivity contribution in [1.29, 1.82) is 0 Å². The van der Waals surface area contributed by atoms with Crippen molar-refractivity contribution in [3.05, 3.63) is 0 Å². The van der Waals surface area contributed by atoms with Crippen LogP contribution in [-0.2, 0) is 28.6 Å². The SMILES string of the molecule is CCC(C)CCCCCCCCCCCCCCCCC(=O)OC[C@@H](COC(=O)CCCCCCCCCCCCCCCCCCC(C)C)OC(=O)CCCCCCCCCCCCC(C)C. The molecule has 0 aliphatic rings. The smallest absolute Gasteiger partial charge is 0.306 e. The first-order chi connectivity index (χ1) is 33.1. The van der Waals surface area contributed by atoms with Crippen LogP contribution in [0.1, 0.15) is 343 Å². The van der Waals surface area contributed by atoms with E-state index in [1.165, 1.54) is 225 Å². The van der Waals surface area contributed by atoms with Crippen molar-refractivity contribution in [2.75, 3.05) is 13.2 Å². The molecule has 0 aliphatic carbocycles. The molecular weight excluding hydrogens is 841 g/mol. The third-order valence-corrected chi connectivity index (χ3v) is 14.5. The second kappa shape index (κ2) is 53.2. The van der Waals surface area contributed by atoms with E-state index in [-0.39, 0.29) is 31.1 Å². The van der Waals surface area contributed by atoms with Crippen LogP contribution in [0.3, 0.4) is 0 Å². The molecule has 0 saturated carbocycles. The summed E-state index contributed by atoms with van der Waals surface area (Å²) in [7, 11) is 0. The highest BCUT2D eigenvalue weighted by Crippen LogP contribution is 2.19. The first-order valence-electron chi connectivity index (χ1n) is 30.6. The molecule has 0 rings (SSSR count). The highest BCUT2D eigenvalue weighted by Gasteiger charge is 2.19. The van der Waals surface area contributed by atoms with Crippen LogP contribution in [0.25, 0.3) is 0 Å². The molecule has 0 heterocycles. The van der Waals surface area contributed by atoms with E-state index in [2.05, 4.69) is 41.5 Å². The first-order valence-corrected chi connectivity index (χ1v) is 30.6. The summed E-state index contributed by atoms with van der Waals surface area (Å²) in [6.45, 7) is 13.8. The predicted octanol–water partition coefficient (Wildman–Crippen LogP) is 20.3. The molecule has 6 heteroatoms. The molecule has 1 unspecified atom stereocenters. The van der Waals surface area contributed by atoms with Gasteiger partial charge in [-0.3, -0.25) is 14.4 Å². The van der Waals surface area contributed by atoms with Gasteiger partial charge < -0.3 is 14.2 Å². The van der Waals surface area contributed by atoms with E-state index in [0.29, 0.717) is 19.3 Å². The van der Waals surface area contributed by atoms with Crippen molar-refractivity contribution >= 4 is 17.9 Å². The van der Waals surface area contributed by atoms with Crippen LogP contribution in [0.2, 0.25) is 0 Å². The topological polar surface area (TPSA) is 78.9 Å². The molecule has 0 radical (unpaired) electrons. The standard InChI is InChI=1S/C62H120O6/c1-7-58(6)50-44-38-32-26-19-15-12-13-17-21-28-34-40-46-52-61(64)67-55-59(68-62(65)53-47-41-35-29-23-22-25-31-37-43-49-57(4)5)54-66-60(63)51-45-39-33-27-20-16-11-9-8-10-14-18-24-30-36-42-48-56(2)3/h56-59H,7-55H2,1-6H3/t58?,59-/m1/s1. The van der Waals surface area contributed by atoms with E-state index in [4.69, 9.17) is 14.2 Å². The van der Waals surface area contributed by atoms with Gasteiger partial charge in [-0.15, -0.1) is 0 Å². The Balaban J connectivity index is 4.27. The second-order valence-electron chi connectivity index (χ2n) is 22.5. The zero-order valence-electron chi connectivity index (χ0n) is 46.9. The highest BCUT2D eigenvalue weighted by molar-refractivity contribution is 5.71. The molecule has 0 fully saturated rings. The quantitative estimate of drug-likeness (QED) is 0.0343. The maximum Gasteiger partial charge on any atom is 0.306 e. The van der Waals surface area contributed by atoms with Gasteiger partial charge in [0, 0.05) is 19.3 Å². The number of unbranched alkanes of at least 4 members (excludes halogenated alkanes) is 37. The zero-order chi connectivity index (χ0) is 49.8. The molecule has 2 atom stereocenters. The van der Waals surface area contributed by atoms with Crippen molar-refractivity contribution in [2.45, 2.75) is 349 Å². The Morgan fingerprint density at radius 3 is 0.765 bits per heavy atom. The van der Waals surface area contributed by atoms with Gasteiger partial charge in [-0.05, 0) is 37.0 Å². The fourth-order valence-electron chi connectivity index (χ4n) is 9.50. The third-order valence-electron chi connectivity index (χ3n) is 14.5. The number of carbonyl (C=O) groups is 3. The summed E-state index contributed by atoms with van der Waals surface area (Å²) < 4.78 is 16.9. The molecule has 0 amide bonds. The largest absolute Gasteiger partial charge is 0.462 e. The number of rotatable bonds is 55. The van der Waals surface area contributed by atoms with Crippen molar-refractivity contribution in [1.82, 2.24) is 0 Å². The Morgan fingerprint density at radius 2 is 0.515 bits per heavy atom. The maximum absolute atomic E-state index is 12.9. The van der Waals surface area contributed by atoms with E-state index in [1.807, 2.05) is 0 Å². The summed E-state index contributed by atoms with van der Waals surface area (Å²) >= 11 is 0. The normalized spacial score (nSPS) is 12.5. The van der Waals surface area contributed by atoms with Gasteiger partial charge in [-0.1, -0.05) is 305 Å². The first kappa shape index (κ1) is 66.4. The van der Waals surface area contributed by atoms with E-state index < -0.39 is 6.10 Å². The summed E-state index contributed by atoms with van der Waals surface area (Å²) in [6.07, 6.45) is 56.6. The Hall–Kier alpha value is -1.59. The predicted molar refractivity (Wildman–Crippen MR) is 293 cm³/mol. The second-order valence-corrected chi connectivity index (χ2v) is 22.5. The molecule has 0 aromatic carbocycles. The molecule has 0 N–H and O–H groups in total. The zero-order valence-corrected chi connectivity index (χ0v) is 46.9. The molecule has 0 spiro atoms. The van der Waals surface area contributed by atoms with Crippen LogP contribution in [0.5, 0.6) is 0 Å². The fraction of sp³-hybridized carbons (Fsp3) is 0.952. The number of carbonyl (C=O) groups excluding carboxylic acids is 3. The van der Waals surface area contributed by atoms with Gasteiger partial charge in [0.15, 0.2) is 6.10 Å². The molecule has 6 nitrogen and oxygen atoms in total. The number of hydrogen-bond acceptors (Lipinski definition) is 6. The lowest BCUT2D eigenvalue weighted by molar-refractivity contribution is -0.167. The summed E-state index contributed by atoms with van der Waals surface area (Å²) in [4.78, 5) is 38.2. The minimum absolute atomic E-state index is 0.0632. The van der Waals surface area contributed by atoms with Gasteiger partial charge in [-0.2, -0.15) is 0 Å². The average Bonchev–Trinajstić information content (AvgIpc) is 3.31. The molecule has 0 saturated heterocycles. The number of hydrogen-bond donors (Lipinski definition) is 0. The van der Waals surface area contributed by atoms with Gasteiger partial charge in [0.25, 0.3) is 0 Å². The van der Waals surface area contributed by atoms with Crippen molar-refractivity contribution in [3.63, 3.8) is 0 Å². The summed E-state index contributed by atoms with van der Waals surface area (Å²) in [6, 6.07) is 0. The van der Waals surface area contributed by atoms with E-state index in [0.717, 1.165) is 75.5 Å². The van der Waals surface area contributed by atoms with Gasteiger partial charge in [0.05, 0.1) is 0 Å². The minimum atomic E-state index is -0.764. The molecule has 68 heavy (non-hydrogen) atoms. The van der Waals surface area contributed by atoms with Crippen molar-refractivity contribution in [2.24, 2.45) is 17.8 Å². The molecule has 404 valence electrons. The Morgan fingerprint density at radius 1 is 0.294 bits per heavy atom. The van der Waals surface area contributed by atoms with Gasteiger partial charge >= 0.3 is 17.9 Å². The molecule has 0 aromatic rings. The van der Waals surface area contributed by atoms with E-state index >= 15 is 0 Å². The summed E-state index contributed by atoms with van der Waals surface area (Å²) in [5, 5.41) is 0. The number of esters is 3. The van der Waals surface area contributed by atoms with Crippen LogP contribution < -0.4 is 0 Å². The third kappa shape index (κ3) is 53.8. The lowest BCUT2D eigenvalue weighted by atomic mass is 9.99. The van der Waals surface area contributed by atoms with Crippen LogP contribution >= 0.6 is 0 Å². The Labute approximate surface area is 425 Å². The van der Waals surface area contributed by atoms with Crippen LogP contribution in [0, 0.1) is 17.8 Å². The monoisotopic (exact) mass is 961 g/mol. The molecule has 0 bridgehead atoms. The lowest BCUT2D eigenvalue weighted by Gasteiger charge is -2.18. The number of ether oxygens (including phenoxy) is 3. The van der Waals surface area contributed by atoms with Crippen LogP contribution in [0.15, 0.2) is 0 Å². The van der Waals surface area contributed by atoms with Gasteiger partial charge in [-0.25, -0.2) is 0 Å². The van der Waals surface area contributed by atoms with Crippen molar-refractivity contribution < 1.29 is 28.6 Å². The van der Waals surface area contributed by atoms with Gasteiger partial charge in [0.2, 0.25) is 0 Å². The molecular formula is C62H120O6. The van der Waals surface area contributed by atoms with Crippen LogP contribution in [-0.4, -0.2) is 37.2 Å². The summed E-state index contributed by atoms with van der Waals surface area (Å²) in [5.74, 6) is 1.72. The van der Waals surface area contributed by atoms with Crippen molar-refractivity contribution in [3.8, 4) is 0 Å². The molecule has 0 aliphatic heterocycles. The Bertz CT molecular complexity index is 1060. The maximum atomic E-state index is 12.9. The molecule has 0 aromatic heterocycles. The van der Waals surface area contributed by atoms with Gasteiger partial charge in [0.1, 0.15) is 13.2 Å². The Kier molecular flexibility index (Phi) is 52.0. The highest BCUT2D eigenvalue weighted by atomic mass is 16.6. The minimum Gasteiger partial charge on any atom is -0.462 e. The fourth-order valence-corrected chi connectivity index (χ4v) is 9.50. The average molecular weight is 962 g/mol.